The van der Waals surface area contributed by atoms with E-state index < -0.39 is 11.9 Å². The quantitative estimate of drug-likeness (QED) is 0.886. The minimum absolute atomic E-state index is 0.120. The number of rotatable bonds is 5. The number of aryl methyl sites for hydroxylation is 2. The van der Waals surface area contributed by atoms with Crippen LogP contribution in [-0.4, -0.2) is 34.5 Å². The van der Waals surface area contributed by atoms with Crippen LogP contribution >= 0.6 is 0 Å². The molecule has 0 bridgehead atoms. The van der Waals surface area contributed by atoms with E-state index >= 15 is 0 Å². The third kappa shape index (κ3) is 2.97. The van der Waals surface area contributed by atoms with Crippen LogP contribution in [-0.2, 0) is 4.79 Å². The SMILES string of the molecule is Cc1cc(C(=O)N(CC(C)C(=O)O)C2CC2)c(C)o1. The summed E-state index contributed by atoms with van der Waals surface area (Å²) < 4.78 is 5.37. The molecule has 5 nitrogen and oxygen atoms in total. The number of amides is 1. The van der Waals surface area contributed by atoms with Gasteiger partial charge in [-0.1, -0.05) is 6.92 Å². The van der Waals surface area contributed by atoms with E-state index in [1.807, 2.05) is 0 Å². The van der Waals surface area contributed by atoms with Crippen molar-refractivity contribution >= 4 is 11.9 Å². The maximum absolute atomic E-state index is 12.5. The van der Waals surface area contributed by atoms with Crippen LogP contribution in [0.3, 0.4) is 0 Å². The molecule has 0 aromatic carbocycles. The fourth-order valence-corrected chi connectivity index (χ4v) is 2.16. The van der Waals surface area contributed by atoms with E-state index in [0.29, 0.717) is 17.1 Å². The maximum atomic E-state index is 12.5. The second-order valence-corrected chi connectivity index (χ2v) is 5.25. The Kier molecular flexibility index (Phi) is 3.64. The number of hydrogen-bond donors (Lipinski definition) is 1. The number of aliphatic carboxylic acids is 1. The van der Waals surface area contributed by atoms with E-state index in [1.165, 1.54) is 0 Å². The first-order valence-electron chi connectivity index (χ1n) is 6.51. The van der Waals surface area contributed by atoms with Gasteiger partial charge in [0.05, 0.1) is 11.5 Å². The predicted molar refractivity (Wildman–Crippen MR) is 69.0 cm³/mol. The Morgan fingerprint density at radius 1 is 1.47 bits per heavy atom. The number of carboxylic acid groups (broad SMARTS) is 1. The van der Waals surface area contributed by atoms with Crippen LogP contribution in [0.5, 0.6) is 0 Å². The number of furan rings is 1. The molecule has 0 aliphatic heterocycles. The molecule has 1 aromatic heterocycles. The lowest BCUT2D eigenvalue weighted by Gasteiger charge is -2.24. The molecule has 1 saturated carbocycles. The van der Waals surface area contributed by atoms with Gasteiger partial charge in [-0.15, -0.1) is 0 Å². The zero-order valence-corrected chi connectivity index (χ0v) is 11.5. The first-order chi connectivity index (χ1) is 8.90. The molecule has 1 heterocycles. The molecule has 1 amide bonds. The van der Waals surface area contributed by atoms with Crippen LogP contribution in [0.2, 0.25) is 0 Å². The third-order valence-electron chi connectivity index (χ3n) is 3.41. The van der Waals surface area contributed by atoms with Crippen molar-refractivity contribution in [3.63, 3.8) is 0 Å². The molecule has 1 unspecified atom stereocenters. The highest BCUT2D eigenvalue weighted by Crippen LogP contribution is 2.30. The van der Waals surface area contributed by atoms with Crippen LogP contribution in [0.25, 0.3) is 0 Å². The molecule has 1 aliphatic carbocycles. The van der Waals surface area contributed by atoms with Crippen molar-refractivity contribution in [2.75, 3.05) is 6.54 Å². The van der Waals surface area contributed by atoms with Gasteiger partial charge in [0.1, 0.15) is 11.5 Å². The van der Waals surface area contributed by atoms with Gasteiger partial charge in [-0.2, -0.15) is 0 Å². The van der Waals surface area contributed by atoms with E-state index in [0.717, 1.165) is 12.8 Å². The lowest BCUT2D eigenvalue weighted by Crippen LogP contribution is -2.38. The van der Waals surface area contributed by atoms with E-state index in [2.05, 4.69) is 0 Å². The van der Waals surface area contributed by atoms with Crippen LogP contribution in [0.15, 0.2) is 10.5 Å². The molecular weight excluding hydrogens is 246 g/mol. The predicted octanol–water partition coefficient (Wildman–Crippen LogP) is 2.22. The Hall–Kier alpha value is -1.78. The van der Waals surface area contributed by atoms with Gasteiger partial charge in [-0.25, -0.2) is 0 Å². The molecule has 1 atom stereocenters. The van der Waals surface area contributed by atoms with Crippen LogP contribution < -0.4 is 0 Å². The van der Waals surface area contributed by atoms with E-state index in [9.17, 15) is 9.59 Å². The van der Waals surface area contributed by atoms with Gasteiger partial charge in [0, 0.05) is 12.6 Å². The van der Waals surface area contributed by atoms with Crippen molar-refractivity contribution in [2.24, 2.45) is 5.92 Å². The Bertz CT molecular complexity index is 502. The maximum Gasteiger partial charge on any atom is 0.308 e. The summed E-state index contributed by atoms with van der Waals surface area (Å²) in [5.74, 6) is -0.264. The van der Waals surface area contributed by atoms with Gasteiger partial charge in [0.15, 0.2) is 0 Å². The highest BCUT2D eigenvalue weighted by molar-refractivity contribution is 5.96. The van der Waals surface area contributed by atoms with Crippen LogP contribution in [0.1, 0.15) is 41.6 Å². The highest BCUT2D eigenvalue weighted by Gasteiger charge is 2.35. The summed E-state index contributed by atoms with van der Waals surface area (Å²) in [6.07, 6.45) is 1.90. The zero-order chi connectivity index (χ0) is 14.2. The topological polar surface area (TPSA) is 70.8 Å². The zero-order valence-electron chi connectivity index (χ0n) is 11.5. The first kappa shape index (κ1) is 13.6. The molecule has 1 aromatic rings. The van der Waals surface area contributed by atoms with Gasteiger partial charge in [0.25, 0.3) is 5.91 Å². The van der Waals surface area contributed by atoms with Gasteiger partial charge in [-0.3, -0.25) is 9.59 Å². The molecule has 0 radical (unpaired) electrons. The molecule has 0 saturated heterocycles. The average Bonchev–Trinajstić information content (AvgIpc) is 3.10. The number of carboxylic acids is 1. The minimum Gasteiger partial charge on any atom is -0.481 e. The molecule has 2 rings (SSSR count). The number of carbonyl (C=O) groups excluding carboxylic acids is 1. The van der Waals surface area contributed by atoms with Crippen molar-refractivity contribution in [1.29, 1.82) is 0 Å². The third-order valence-corrected chi connectivity index (χ3v) is 3.41. The molecule has 0 spiro atoms. The van der Waals surface area contributed by atoms with E-state index in [4.69, 9.17) is 9.52 Å². The monoisotopic (exact) mass is 265 g/mol. The van der Waals surface area contributed by atoms with Crippen molar-refractivity contribution in [3.05, 3.63) is 23.2 Å². The number of nitrogens with zero attached hydrogens (tertiary/aromatic N) is 1. The summed E-state index contributed by atoms with van der Waals surface area (Å²) in [6, 6.07) is 1.90. The largest absolute Gasteiger partial charge is 0.481 e. The van der Waals surface area contributed by atoms with Gasteiger partial charge >= 0.3 is 5.97 Å². The Morgan fingerprint density at radius 3 is 2.53 bits per heavy atom. The lowest BCUT2D eigenvalue weighted by atomic mass is 10.1. The summed E-state index contributed by atoms with van der Waals surface area (Å²) in [5, 5.41) is 8.99. The van der Waals surface area contributed by atoms with Crippen molar-refractivity contribution in [3.8, 4) is 0 Å². The Labute approximate surface area is 112 Å². The summed E-state index contributed by atoms with van der Waals surface area (Å²) in [6.45, 7) is 5.43. The van der Waals surface area contributed by atoms with Gasteiger partial charge in [-0.05, 0) is 32.8 Å². The fourth-order valence-electron chi connectivity index (χ4n) is 2.16. The molecule has 1 fully saturated rings. The average molecular weight is 265 g/mol. The number of hydrogen-bond acceptors (Lipinski definition) is 3. The second kappa shape index (κ2) is 5.07. The summed E-state index contributed by atoms with van der Waals surface area (Å²) >= 11 is 0. The molecular formula is C14H19NO4. The van der Waals surface area contributed by atoms with Crippen molar-refractivity contribution in [1.82, 2.24) is 4.90 Å². The molecule has 5 heteroatoms. The standard InChI is InChI=1S/C14H19NO4/c1-8(14(17)18)7-15(11-4-5-11)13(16)12-6-9(2)19-10(12)3/h6,8,11H,4-5,7H2,1-3H3,(H,17,18). The summed E-state index contributed by atoms with van der Waals surface area (Å²) in [4.78, 5) is 25.1. The summed E-state index contributed by atoms with van der Waals surface area (Å²) in [5.41, 5.74) is 0.544. The minimum atomic E-state index is -0.876. The van der Waals surface area contributed by atoms with Crippen LogP contribution in [0, 0.1) is 19.8 Å². The number of carbonyl (C=O) groups is 2. The van der Waals surface area contributed by atoms with Gasteiger partial charge in [0.2, 0.25) is 0 Å². The first-order valence-corrected chi connectivity index (χ1v) is 6.51. The molecule has 1 aliphatic rings. The fraction of sp³-hybridized carbons (Fsp3) is 0.571. The Balaban J connectivity index is 2.17. The van der Waals surface area contributed by atoms with Crippen LogP contribution in [0.4, 0.5) is 0 Å². The van der Waals surface area contributed by atoms with E-state index in [1.54, 1.807) is 31.7 Å². The summed E-state index contributed by atoms with van der Waals surface area (Å²) in [7, 11) is 0. The normalized spacial score (nSPS) is 16.2. The molecule has 104 valence electrons. The second-order valence-electron chi connectivity index (χ2n) is 5.25. The lowest BCUT2D eigenvalue weighted by molar-refractivity contribution is -0.141. The molecule has 19 heavy (non-hydrogen) atoms. The van der Waals surface area contributed by atoms with E-state index in [-0.39, 0.29) is 18.5 Å². The van der Waals surface area contributed by atoms with Crippen molar-refractivity contribution in [2.45, 2.75) is 39.7 Å². The van der Waals surface area contributed by atoms with Crippen molar-refractivity contribution < 1.29 is 19.1 Å². The highest BCUT2D eigenvalue weighted by atomic mass is 16.4. The smallest absolute Gasteiger partial charge is 0.308 e. The Morgan fingerprint density at radius 2 is 2.11 bits per heavy atom. The van der Waals surface area contributed by atoms with Gasteiger partial charge < -0.3 is 14.4 Å². The molecule has 1 N–H and O–H groups in total.